The van der Waals surface area contributed by atoms with Crippen LogP contribution in [0.2, 0.25) is 0 Å². The maximum Gasteiger partial charge on any atom is 0.160 e. The van der Waals surface area contributed by atoms with E-state index in [9.17, 15) is 0 Å². The molecule has 2 nitrogen and oxygen atoms in total. The van der Waals surface area contributed by atoms with Crippen molar-refractivity contribution in [3.05, 3.63) is 0 Å². The monoisotopic (exact) mass is 179 g/mol. The molecular weight excluding hydrogens is 175 g/mol. The summed E-state index contributed by atoms with van der Waals surface area (Å²) < 4.78 is 0. The Balaban J connectivity index is 0. The SMILES string of the molecule is NC(N)=S.[Rh]. The van der Waals surface area contributed by atoms with Crippen LogP contribution >= 0.6 is 12.2 Å². The zero-order valence-corrected chi connectivity index (χ0v) is 4.85. The maximum atomic E-state index is 4.62. The van der Waals surface area contributed by atoms with Gasteiger partial charge in [0.25, 0.3) is 0 Å². The minimum Gasteiger partial charge on any atom is -0.377 e. The van der Waals surface area contributed by atoms with E-state index in [1.54, 1.807) is 0 Å². The molecule has 0 bridgehead atoms. The van der Waals surface area contributed by atoms with Crippen LogP contribution in [0.25, 0.3) is 0 Å². The van der Waals surface area contributed by atoms with Crippen LogP contribution in [0, 0.1) is 0 Å². The summed E-state index contributed by atoms with van der Waals surface area (Å²) >= 11 is 4.09. The van der Waals surface area contributed by atoms with Gasteiger partial charge in [0.2, 0.25) is 0 Å². The number of hydrogen-bond donors (Lipinski definition) is 2. The van der Waals surface area contributed by atoms with E-state index in [1.165, 1.54) is 0 Å². The first-order chi connectivity index (χ1) is 1.73. The fourth-order valence-electron chi connectivity index (χ4n) is 0. The molecule has 0 aromatic heterocycles. The summed E-state index contributed by atoms with van der Waals surface area (Å²) in [5.74, 6) is 0. The number of nitrogens with two attached hydrogens (primary N) is 2. The third kappa shape index (κ3) is 235. The first kappa shape index (κ1) is 9.00. The third-order valence-corrected chi connectivity index (χ3v) is 0. The summed E-state index contributed by atoms with van der Waals surface area (Å²) in [7, 11) is 0. The zero-order chi connectivity index (χ0) is 3.58. The Morgan fingerprint density at radius 1 is 1.40 bits per heavy atom. The van der Waals surface area contributed by atoms with Crippen molar-refractivity contribution in [1.29, 1.82) is 0 Å². The van der Waals surface area contributed by atoms with Gasteiger partial charge in [0.1, 0.15) is 0 Å². The number of rotatable bonds is 0. The maximum absolute atomic E-state index is 4.62. The topological polar surface area (TPSA) is 52.0 Å². The van der Waals surface area contributed by atoms with Crippen LogP contribution in [0.5, 0.6) is 0 Å². The van der Waals surface area contributed by atoms with E-state index < -0.39 is 0 Å². The fraction of sp³-hybridized carbons (Fsp3) is 0. The molecule has 0 aromatic carbocycles. The van der Waals surface area contributed by atoms with Gasteiger partial charge in [-0.25, -0.2) is 0 Å². The molecule has 0 unspecified atom stereocenters. The summed E-state index contributed by atoms with van der Waals surface area (Å²) in [6, 6.07) is 0. The fourth-order valence-corrected chi connectivity index (χ4v) is 0. The molecule has 0 fully saturated rings. The molecule has 0 heterocycles. The molecule has 0 saturated heterocycles. The van der Waals surface area contributed by atoms with Crippen molar-refractivity contribution < 1.29 is 19.5 Å². The van der Waals surface area contributed by atoms with Gasteiger partial charge in [0.05, 0.1) is 0 Å². The standard InChI is InChI=1S/CH4N2S.Rh/c2-1(3)4;/h(H4,2,3,4);. The van der Waals surface area contributed by atoms with Gasteiger partial charge in [-0.1, -0.05) is 0 Å². The molecule has 5 heavy (non-hydrogen) atoms. The van der Waals surface area contributed by atoms with E-state index >= 15 is 0 Å². The Morgan fingerprint density at radius 2 is 1.40 bits per heavy atom. The van der Waals surface area contributed by atoms with E-state index in [4.69, 9.17) is 0 Å². The van der Waals surface area contributed by atoms with Gasteiger partial charge in [-0.15, -0.1) is 0 Å². The van der Waals surface area contributed by atoms with E-state index in [0.717, 1.165) is 0 Å². The van der Waals surface area contributed by atoms with E-state index in [2.05, 4.69) is 23.7 Å². The van der Waals surface area contributed by atoms with Crippen molar-refractivity contribution >= 4 is 17.3 Å². The first-order valence-electron chi connectivity index (χ1n) is 0.781. The van der Waals surface area contributed by atoms with Gasteiger partial charge in [-0.2, -0.15) is 0 Å². The molecule has 0 aliphatic carbocycles. The van der Waals surface area contributed by atoms with E-state index in [0.29, 0.717) is 0 Å². The number of hydrogen-bond acceptors (Lipinski definition) is 1. The van der Waals surface area contributed by atoms with Gasteiger partial charge >= 0.3 is 0 Å². The van der Waals surface area contributed by atoms with Crippen molar-refractivity contribution in [3.8, 4) is 0 Å². The summed E-state index contributed by atoms with van der Waals surface area (Å²) in [5.41, 5.74) is 9.24. The average molecular weight is 179 g/mol. The minimum absolute atomic E-state index is 0. The van der Waals surface area contributed by atoms with Crippen LogP contribution < -0.4 is 11.5 Å². The van der Waals surface area contributed by atoms with Gasteiger partial charge in [-0.3, -0.25) is 0 Å². The third-order valence-electron chi connectivity index (χ3n) is 0. The van der Waals surface area contributed by atoms with Gasteiger partial charge in [0.15, 0.2) is 5.11 Å². The summed E-state index contributed by atoms with van der Waals surface area (Å²) in [5, 5.41) is 0.000000000000000222. The second-order valence-corrected chi connectivity index (χ2v) is 0.874. The van der Waals surface area contributed by atoms with Crippen molar-refractivity contribution in [1.82, 2.24) is 0 Å². The molecule has 0 aliphatic rings. The summed E-state index contributed by atoms with van der Waals surface area (Å²) in [4.78, 5) is 0. The molecule has 33 valence electrons. The average Bonchev–Trinajstić information content (AvgIpc) is 0.811. The van der Waals surface area contributed by atoms with Gasteiger partial charge in [0, 0.05) is 19.5 Å². The Morgan fingerprint density at radius 3 is 1.40 bits per heavy atom. The van der Waals surface area contributed by atoms with Crippen molar-refractivity contribution in [2.24, 2.45) is 11.5 Å². The van der Waals surface area contributed by atoms with Crippen LogP contribution in [0.3, 0.4) is 0 Å². The molecule has 0 aromatic rings. The summed E-state index contributed by atoms with van der Waals surface area (Å²) in [6.45, 7) is 0. The molecule has 0 spiro atoms. The number of thiocarbonyl (C=S) groups is 1. The summed E-state index contributed by atoms with van der Waals surface area (Å²) in [6.07, 6.45) is 0. The largest absolute Gasteiger partial charge is 0.377 e. The van der Waals surface area contributed by atoms with Crippen LogP contribution in [-0.4, -0.2) is 5.11 Å². The van der Waals surface area contributed by atoms with Crippen molar-refractivity contribution in [2.45, 2.75) is 0 Å². The Labute approximate surface area is 48.7 Å². The molecular formula is CH4N2RhS. The normalized spacial score (nSPS) is 4.80. The Hall–Kier alpha value is 0.313. The molecule has 4 N–H and O–H groups in total. The molecule has 0 rings (SSSR count). The molecule has 0 amide bonds. The molecule has 0 atom stereocenters. The van der Waals surface area contributed by atoms with Crippen molar-refractivity contribution in [2.75, 3.05) is 0 Å². The van der Waals surface area contributed by atoms with Crippen LogP contribution in [0.1, 0.15) is 0 Å². The van der Waals surface area contributed by atoms with Gasteiger partial charge in [-0.05, 0) is 12.2 Å². The zero-order valence-electron chi connectivity index (χ0n) is 2.40. The van der Waals surface area contributed by atoms with Gasteiger partial charge < -0.3 is 11.5 Å². The predicted molar refractivity (Wildman–Crippen MR) is 21.0 cm³/mol. The quantitative estimate of drug-likeness (QED) is 0.377. The smallest absolute Gasteiger partial charge is 0.160 e. The van der Waals surface area contributed by atoms with E-state index in [-0.39, 0.29) is 24.6 Å². The second-order valence-electron chi connectivity index (χ2n) is 0.402. The van der Waals surface area contributed by atoms with E-state index in [1.807, 2.05) is 0 Å². The predicted octanol–water partition coefficient (Wildman–Crippen LogP) is -0.814. The van der Waals surface area contributed by atoms with Crippen LogP contribution in [0.4, 0.5) is 0 Å². The second kappa shape index (κ2) is 4.31. The minimum atomic E-state index is 0. The van der Waals surface area contributed by atoms with Crippen LogP contribution in [-0.2, 0) is 19.5 Å². The van der Waals surface area contributed by atoms with Crippen molar-refractivity contribution in [3.63, 3.8) is 0 Å². The Bertz CT molecular complexity index is 32.6. The first-order valence-corrected chi connectivity index (χ1v) is 1.19. The molecule has 0 saturated carbocycles. The molecule has 0 aliphatic heterocycles. The molecule has 4 heteroatoms. The molecule has 1 radical (unpaired) electrons. The van der Waals surface area contributed by atoms with Crippen LogP contribution in [0.15, 0.2) is 0 Å². The Kier molecular flexibility index (Phi) is 7.77.